The summed E-state index contributed by atoms with van der Waals surface area (Å²) in [5, 5.41) is 13.6. The van der Waals surface area contributed by atoms with Crippen LogP contribution in [-0.2, 0) is 11.3 Å². The summed E-state index contributed by atoms with van der Waals surface area (Å²) in [4.78, 5) is 12.9. The second-order valence-electron chi connectivity index (χ2n) is 5.18. The first-order chi connectivity index (χ1) is 8.54. The zero-order valence-electron chi connectivity index (χ0n) is 10.6. The molecule has 1 aromatic rings. The van der Waals surface area contributed by atoms with Gasteiger partial charge in [-0.05, 0) is 23.3 Å². The van der Waals surface area contributed by atoms with Crippen LogP contribution in [0.5, 0.6) is 0 Å². The van der Waals surface area contributed by atoms with Crippen LogP contribution in [0.2, 0.25) is 0 Å². The number of aliphatic hydroxyl groups is 1. The highest BCUT2D eigenvalue weighted by Gasteiger charge is 2.50. The van der Waals surface area contributed by atoms with E-state index >= 15 is 0 Å². The first-order valence-corrected chi connectivity index (χ1v) is 6.86. The van der Waals surface area contributed by atoms with E-state index < -0.39 is 0 Å². The minimum Gasteiger partial charge on any atom is -0.384 e. The average molecular weight is 263 g/mol. The van der Waals surface area contributed by atoms with E-state index in [9.17, 15) is 4.79 Å². The van der Waals surface area contributed by atoms with E-state index in [-0.39, 0.29) is 23.8 Å². The first-order valence-electron chi connectivity index (χ1n) is 5.98. The van der Waals surface area contributed by atoms with Gasteiger partial charge in [0, 0.05) is 16.4 Å². The number of carbonyl (C=O) groups is 1. The number of nitrogens with one attached hydrogen (secondary N) is 1. The minimum atomic E-state index is -0.141. The van der Waals surface area contributed by atoms with Crippen molar-refractivity contribution in [3.8, 4) is 11.8 Å². The van der Waals surface area contributed by atoms with Gasteiger partial charge in [-0.3, -0.25) is 4.79 Å². The van der Waals surface area contributed by atoms with Gasteiger partial charge in [0.05, 0.1) is 6.54 Å². The van der Waals surface area contributed by atoms with Gasteiger partial charge < -0.3 is 10.4 Å². The van der Waals surface area contributed by atoms with Gasteiger partial charge in [-0.2, -0.15) is 0 Å². The molecule has 2 N–H and O–H groups in total. The molecule has 2 rings (SSSR count). The normalized spacial score (nSPS) is 19.8. The van der Waals surface area contributed by atoms with Crippen molar-refractivity contribution in [3.63, 3.8) is 0 Å². The lowest BCUT2D eigenvalue weighted by atomic mass is 10.1. The van der Waals surface area contributed by atoms with Crippen LogP contribution in [-0.4, -0.2) is 17.6 Å². The summed E-state index contributed by atoms with van der Waals surface area (Å²) < 4.78 is 0. The van der Waals surface area contributed by atoms with Crippen LogP contribution in [0.4, 0.5) is 0 Å². The number of amides is 1. The molecular weight excluding hydrogens is 246 g/mol. The monoisotopic (exact) mass is 263 g/mol. The SMILES string of the molecule is CC1(C)CC1C(=O)NCc1sccc1C#CCO. The van der Waals surface area contributed by atoms with Crippen molar-refractivity contribution in [2.75, 3.05) is 6.61 Å². The molecule has 0 spiro atoms. The third-order valence-electron chi connectivity index (χ3n) is 3.30. The van der Waals surface area contributed by atoms with Gasteiger partial charge in [-0.25, -0.2) is 0 Å². The Bertz CT molecular complexity index is 507. The zero-order chi connectivity index (χ0) is 13.2. The molecule has 0 radical (unpaired) electrons. The molecule has 0 aliphatic heterocycles. The predicted octanol–water partition coefficient (Wildman–Crippen LogP) is 1.75. The lowest BCUT2D eigenvalue weighted by Crippen LogP contribution is -2.25. The van der Waals surface area contributed by atoms with E-state index in [0.717, 1.165) is 16.9 Å². The van der Waals surface area contributed by atoms with Crippen LogP contribution >= 0.6 is 11.3 Å². The topological polar surface area (TPSA) is 49.3 Å². The molecule has 1 saturated carbocycles. The van der Waals surface area contributed by atoms with Crippen molar-refractivity contribution in [1.82, 2.24) is 5.32 Å². The molecule has 4 heteroatoms. The zero-order valence-corrected chi connectivity index (χ0v) is 11.4. The second-order valence-corrected chi connectivity index (χ2v) is 6.18. The summed E-state index contributed by atoms with van der Waals surface area (Å²) in [6.07, 6.45) is 0.973. The molecule has 1 atom stereocenters. The fraction of sp³-hybridized carbons (Fsp3) is 0.500. The number of rotatable bonds is 3. The Morgan fingerprint density at radius 2 is 2.39 bits per heavy atom. The van der Waals surface area contributed by atoms with Crippen molar-refractivity contribution in [2.45, 2.75) is 26.8 Å². The molecule has 1 amide bonds. The van der Waals surface area contributed by atoms with E-state index in [1.807, 2.05) is 11.4 Å². The van der Waals surface area contributed by atoms with Crippen molar-refractivity contribution < 1.29 is 9.90 Å². The molecule has 1 aliphatic rings. The van der Waals surface area contributed by atoms with E-state index in [1.165, 1.54) is 0 Å². The van der Waals surface area contributed by atoms with Crippen LogP contribution in [0.25, 0.3) is 0 Å². The van der Waals surface area contributed by atoms with E-state index in [0.29, 0.717) is 6.54 Å². The third kappa shape index (κ3) is 2.92. The van der Waals surface area contributed by atoms with Gasteiger partial charge >= 0.3 is 0 Å². The summed E-state index contributed by atoms with van der Waals surface area (Å²) in [7, 11) is 0. The second kappa shape index (κ2) is 5.13. The van der Waals surface area contributed by atoms with Crippen LogP contribution in [0.1, 0.15) is 30.7 Å². The fourth-order valence-electron chi connectivity index (χ4n) is 1.93. The number of hydrogen-bond donors (Lipinski definition) is 2. The molecule has 18 heavy (non-hydrogen) atoms. The van der Waals surface area contributed by atoms with Gasteiger partial charge in [0.25, 0.3) is 0 Å². The predicted molar refractivity (Wildman–Crippen MR) is 72.0 cm³/mol. The van der Waals surface area contributed by atoms with Crippen LogP contribution in [0.3, 0.4) is 0 Å². The van der Waals surface area contributed by atoms with E-state index in [2.05, 4.69) is 31.0 Å². The number of thiophene rings is 1. The number of carbonyl (C=O) groups excluding carboxylic acids is 1. The maximum atomic E-state index is 11.9. The molecule has 1 heterocycles. The Morgan fingerprint density at radius 3 is 3.00 bits per heavy atom. The Morgan fingerprint density at radius 1 is 1.67 bits per heavy atom. The smallest absolute Gasteiger partial charge is 0.223 e. The van der Waals surface area contributed by atoms with Crippen molar-refractivity contribution >= 4 is 17.2 Å². The van der Waals surface area contributed by atoms with Gasteiger partial charge in [-0.15, -0.1) is 11.3 Å². The highest BCUT2D eigenvalue weighted by atomic mass is 32.1. The Hall–Kier alpha value is -1.31. The third-order valence-corrected chi connectivity index (χ3v) is 4.22. The minimum absolute atomic E-state index is 0.134. The van der Waals surface area contributed by atoms with Crippen LogP contribution in [0.15, 0.2) is 11.4 Å². The number of aliphatic hydroxyl groups excluding tert-OH is 1. The highest BCUT2D eigenvalue weighted by Crippen LogP contribution is 2.51. The molecule has 96 valence electrons. The van der Waals surface area contributed by atoms with Crippen molar-refractivity contribution in [1.29, 1.82) is 0 Å². The summed E-state index contributed by atoms with van der Waals surface area (Å²) >= 11 is 1.58. The van der Waals surface area contributed by atoms with Crippen molar-refractivity contribution in [2.24, 2.45) is 11.3 Å². The van der Waals surface area contributed by atoms with Crippen molar-refractivity contribution in [3.05, 3.63) is 21.9 Å². The molecule has 3 nitrogen and oxygen atoms in total. The molecule has 1 unspecified atom stereocenters. The van der Waals surface area contributed by atoms with Gasteiger partial charge in [0.2, 0.25) is 5.91 Å². The number of hydrogen-bond acceptors (Lipinski definition) is 3. The van der Waals surface area contributed by atoms with Gasteiger partial charge in [-0.1, -0.05) is 25.7 Å². The largest absolute Gasteiger partial charge is 0.384 e. The Labute approximate surface area is 111 Å². The molecular formula is C14H17NO2S. The Balaban J connectivity index is 1.91. The fourth-order valence-corrected chi connectivity index (χ4v) is 2.70. The molecule has 0 aromatic carbocycles. The maximum absolute atomic E-state index is 11.9. The standard InChI is InChI=1S/C14H17NO2S/c1-14(2)8-11(14)13(17)15-9-12-10(4-3-6-16)5-7-18-12/h5,7,11,16H,6,8-9H2,1-2H3,(H,15,17). The van der Waals surface area contributed by atoms with Crippen LogP contribution in [0, 0.1) is 23.2 Å². The molecule has 0 bridgehead atoms. The van der Waals surface area contributed by atoms with E-state index in [4.69, 9.17) is 5.11 Å². The first kappa shape index (κ1) is 13.1. The van der Waals surface area contributed by atoms with Gasteiger partial charge in [0.1, 0.15) is 6.61 Å². The summed E-state index contributed by atoms with van der Waals surface area (Å²) in [6, 6.07) is 1.91. The average Bonchev–Trinajstić information content (AvgIpc) is 2.77. The lowest BCUT2D eigenvalue weighted by Gasteiger charge is -2.05. The molecule has 0 saturated heterocycles. The molecule has 1 aliphatic carbocycles. The summed E-state index contributed by atoms with van der Waals surface area (Å²) in [5.41, 5.74) is 1.06. The summed E-state index contributed by atoms with van der Waals surface area (Å²) in [6.45, 7) is 4.61. The van der Waals surface area contributed by atoms with E-state index in [1.54, 1.807) is 11.3 Å². The maximum Gasteiger partial charge on any atom is 0.223 e. The molecule has 1 aromatic heterocycles. The van der Waals surface area contributed by atoms with Crippen LogP contribution < -0.4 is 5.32 Å². The Kier molecular flexibility index (Phi) is 3.74. The highest BCUT2D eigenvalue weighted by molar-refractivity contribution is 7.10. The lowest BCUT2D eigenvalue weighted by molar-refractivity contribution is -0.123. The van der Waals surface area contributed by atoms with Gasteiger partial charge in [0.15, 0.2) is 0 Å². The summed E-state index contributed by atoms with van der Waals surface area (Å²) in [5.74, 6) is 5.80. The quantitative estimate of drug-likeness (QED) is 0.816. The molecule has 1 fully saturated rings.